The van der Waals surface area contributed by atoms with Crippen molar-refractivity contribution in [2.24, 2.45) is 5.92 Å². The molecular weight excluding hydrogens is 180 g/mol. The Balaban J connectivity index is 2.33. The molecule has 3 heteroatoms. The van der Waals surface area contributed by atoms with E-state index in [1.165, 1.54) is 0 Å². The van der Waals surface area contributed by atoms with Crippen molar-refractivity contribution in [2.75, 3.05) is 0 Å². The Labute approximate surface area is 85.5 Å². The number of ether oxygens (including phenoxy) is 1. The van der Waals surface area contributed by atoms with Gasteiger partial charge in [0, 0.05) is 0 Å². The van der Waals surface area contributed by atoms with Gasteiger partial charge in [-0.2, -0.15) is 0 Å². The molecule has 1 fully saturated rings. The number of rotatable bonds is 2. The molecule has 0 aliphatic heterocycles. The van der Waals surface area contributed by atoms with Gasteiger partial charge in [0.05, 0.1) is 17.6 Å². The predicted molar refractivity (Wildman–Crippen MR) is 54.2 cm³/mol. The van der Waals surface area contributed by atoms with Crippen molar-refractivity contribution >= 4 is 5.97 Å². The summed E-state index contributed by atoms with van der Waals surface area (Å²) < 4.78 is 5.81. The van der Waals surface area contributed by atoms with E-state index in [9.17, 15) is 4.79 Å². The lowest BCUT2D eigenvalue weighted by Gasteiger charge is -2.32. The van der Waals surface area contributed by atoms with Crippen LogP contribution >= 0.6 is 0 Å². The van der Waals surface area contributed by atoms with Crippen molar-refractivity contribution in [2.45, 2.75) is 58.2 Å². The monoisotopic (exact) mass is 200 g/mol. The lowest BCUT2D eigenvalue weighted by molar-refractivity contribution is -0.145. The second-order valence-electron chi connectivity index (χ2n) is 5.04. The zero-order valence-corrected chi connectivity index (χ0v) is 9.25. The first-order chi connectivity index (χ1) is 6.38. The standard InChI is InChI=1S/C11H20O3/c1-11(2,3)14-9-6-4-8(5-7-9)10(12)13/h8-9H,4-7H2,1-3H3,(H,12,13). The minimum atomic E-state index is -0.654. The van der Waals surface area contributed by atoms with Crippen molar-refractivity contribution in [1.29, 1.82) is 0 Å². The van der Waals surface area contributed by atoms with Crippen LogP contribution < -0.4 is 0 Å². The van der Waals surface area contributed by atoms with Gasteiger partial charge in [0.1, 0.15) is 0 Å². The molecule has 0 saturated heterocycles. The zero-order chi connectivity index (χ0) is 10.8. The molecule has 0 aromatic heterocycles. The zero-order valence-electron chi connectivity index (χ0n) is 9.25. The van der Waals surface area contributed by atoms with Crippen molar-refractivity contribution in [1.82, 2.24) is 0 Å². The number of hydrogen-bond acceptors (Lipinski definition) is 2. The van der Waals surface area contributed by atoms with E-state index in [0.29, 0.717) is 0 Å². The summed E-state index contributed by atoms with van der Waals surface area (Å²) >= 11 is 0. The maximum absolute atomic E-state index is 10.7. The lowest BCUT2D eigenvalue weighted by Crippen LogP contribution is -2.32. The van der Waals surface area contributed by atoms with Crippen LogP contribution in [0, 0.1) is 5.92 Å². The fourth-order valence-electron chi connectivity index (χ4n) is 1.93. The molecule has 0 amide bonds. The van der Waals surface area contributed by atoms with Crippen molar-refractivity contribution < 1.29 is 14.6 Å². The van der Waals surface area contributed by atoms with E-state index < -0.39 is 5.97 Å². The molecule has 0 spiro atoms. The largest absolute Gasteiger partial charge is 0.481 e. The molecule has 1 saturated carbocycles. The van der Waals surface area contributed by atoms with Crippen molar-refractivity contribution in [3.8, 4) is 0 Å². The third-order valence-electron chi connectivity index (χ3n) is 2.54. The van der Waals surface area contributed by atoms with Gasteiger partial charge in [-0.25, -0.2) is 0 Å². The molecule has 1 aliphatic carbocycles. The van der Waals surface area contributed by atoms with Crippen LogP contribution in [0.4, 0.5) is 0 Å². The minimum absolute atomic E-state index is 0.110. The molecular formula is C11H20O3. The highest BCUT2D eigenvalue weighted by molar-refractivity contribution is 5.70. The summed E-state index contributed by atoms with van der Waals surface area (Å²) in [5.41, 5.74) is -0.110. The molecule has 0 atom stereocenters. The SMILES string of the molecule is CC(C)(C)OC1CCC(C(=O)O)CC1. The summed E-state index contributed by atoms with van der Waals surface area (Å²) in [5.74, 6) is -0.797. The maximum Gasteiger partial charge on any atom is 0.306 e. The fraction of sp³-hybridized carbons (Fsp3) is 0.909. The Hall–Kier alpha value is -0.570. The molecule has 0 heterocycles. The summed E-state index contributed by atoms with van der Waals surface area (Å²) in [6.45, 7) is 6.11. The van der Waals surface area contributed by atoms with E-state index in [2.05, 4.69) is 0 Å². The Bertz CT molecular complexity index is 197. The molecule has 14 heavy (non-hydrogen) atoms. The summed E-state index contributed by atoms with van der Waals surface area (Å²) in [7, 11) is 0. The van der Waals surface area contributed by atoms with Crippen LogP contribution in [-0.4, -0.2) is 22.8 Å². The second kappa shape index (κ2) is 4.30. The smallest absolute Gasteiger partial charge is 0.306 e. The first-order valence-electron chi connectivity index (χ1n) is 5.29. The molecule has 0 unspecified atom stereocenters. The third kappa shape index (κ3) is 3.66. The van der Waals surface area contributed by atoms with E-state index in [0.717, 1.165) is 25.7 Å². The molecule has 0 aromatic carbocycles. The van der Waals surface area contributed by atoms with Gasteiger partial charge in [0.15, 0.2) is 0 Å². The number of aliphatic carboxylic acids is 1. The van der Waals surface area contributed by atoms with Crippen molar-refractivity contribution in [3.63, 3.8) is 0 Å². The molecule has 0 aromatic rings. The molecule has 1 aliphatic rings. The molecule has 0 bridgehead atoms. The number of carbonyl (C=O) groups is 1. The second-order valence-corrected chi connectivity index (χ2v) is 5.04. The molecule has 3 nitrogen and oxygen atoms in total. The normalized spacial score (nSPS) is 28.8. The summed E-state index contributed by atoms with van der Waals surface area (Å²) in [5, 5.41) is 8.82. The highest BCUT2D eigenvalue weighted by atomic mass is 16.5. The molecule has 1 rings (SSSR count). The van der Waals surface area contributed by atoms with Gasteiger partial charge in [0.2, 0.25) is 0 Å². The van der Waals surface area contributed by atoms with Crippen LogP contribution in [0.15, 0.2) is 0 Å². The van der Waals surface area contributed by atoms with E-state index >= 15 is 0 Å². The van der Waals surface area contributed by atoms with Crippen LogP contribution in [0.1, 0.15) is 46.5 Å². The average molecular weight is 200 g/mol. The van der Waals surface area contributed by atoms with Crippen LogP contribution in [0.3, 0.4) is 0 Å². The summed E-state index contributed by atoms with van der Waals surface area (Å²) in [6.07, 6.45) is 3.54. The van der Waals surface area contributed by atoms with Gasteiger partial charge in [-0.1, -0.05) is 0 Å². The number of hydrogen-bond donors (Lipinski definition) is 1. The summed E-state index contributed by atoms with van der Waals surface area (Å²) in [6, 6.07) is 0. The van der Waals surface area contributed by atoms with Crippen LogP contribution in [0.2, 0.25) is 0 Å². The molecule has 0 radical (unpaired) electrons. The van der Waals surface area contributed by atoms with Gasteiger partial charge >= 0.3 is 5.97 Å². The van der Waals surface area contributed by atoms with E-state index in [-0.39, 0.29) is 17.6 Å². The van der Waals surface area contributed by atoms with Crippen LogP contribution in [0.5, 0.6) is 0 Å². The Morgan fingerprint density at radius 3 is 2.07 bits per heavy atom. The van der Waals surface area contributed by atoms with Crippen LogP contribution in [-0.2, 0) is 9.53 Å². The number of carboxylic acid groups (broad SMARTS) is 1. The summed E-state index contributed by atoms with van der Waals surface area (Å²) in [4.78, 5) is 10.7. The van der Waals surface area contributed by atoms with Gasteiger partial charge < -0.3 is 9.84 Å². The topological polar surface area (TPSA) is 46.5 Å². The van der Waals surface area contributed by atoms with Gasteiger partial charge in [-0.05, 0) is 46.5 Å². The maximum atomic E-state index is 10.7. The lowest BCUT2D eigenvalue weighted by atomic mass is 9.87. The predicted octanol–water partition coefficient (Wildman–Crippen LogP) is 2.44. The Kier molecular flexibility index (Phi) is 3.53. The Morgan fingerprint density at radius 2 is 1.71 bits per heavy atom. The fourth-order valence-corrected chi connectivity index (χ4v) is 1.93. The first-order valence-corrected chi connectivity index (χ1v) is 5.29. The van der Waals surface area contributed by atoms with Gasteiger partial charge in [-0.15, -0.1) is 0 Å². The quantitative estimate of drug-likeness (QED) is 0.744. The highest BCUT2D eigenvalue weighted by Gasteiger charge is 2.28. The van der Waals surface area contributed by atoms with Crippen LogP contribution in [0.25, 0.3) is 0 Å². The first kappa shape index (κ1) is 11.5. The molecule has 82 valence electrons. The average Bonchev–Trinajstić information content (AvgIpc) is 2.02. The van der Waals surface area contributed by atoms with Gasteiger partial charge in [-0.3, -0.25) is 4.79 Å². The highest BCUT2D eigenvalue weighted by Crippen LogP contribution is 2.28. The Morgan fingerprint density at radius 1 is 1.21 bits per heavy atom. The van der Waals surface area contributed by atoms with E-state index in [1.807, 2.05) is 20.8 Å². The van der Waals surface area contributed by atoms with Crippen molar-refractivity contribution in [3.05, 3.63) is 0 Å². The number of carboxylic acids is 1. The molecule has 1 N–H and O–H groups in total. The van der Waals surface area contributed by atoms with E-state index in [1.54, 1.807) is 0 Å². The van der Waals surface area contributed by atoms with E-state index in [4.69, 9.17) is 9.84 Å². The minimum Gasteiger partial charge on any atom is -0.481 e. The van der Waals surface area contributed by atoms with Gasteiger partial charge in [0.25, 0.3) is 0 Å². The third-order valence-corrected chi connectivity index (χ3v) is 2.54.